The van der Waals surface area contributed by atoms with E-state index in [2.05, 4.69) is 33.6 Å². The van der Waals surface area contributed by atoms with Crippen molar-refractivity contribution in [2.45, 2.75) is 25.8 Å². The zero-order chi connectivity index (χ0) is 13.9. The standard InChI is InChI=1S/C15H17N5/c1-3-5-11(4-2)20-9-7-13(19-20)14-12-6-8-16-15(12)18-10-17-14/h3,6-11H,1,4-5H2,2H3,(H,16,17,18). The lowest BCUT2D eigenvalue weighted by Crippen LogP contribution is -2.07. The second-order valence-corrected chi connectivity index (χ2v) is 4.73. The van der Waals surface area contributed by atoms with Gasteiger partial charge in [0.05, 0.1) is 6.04 Å². The van der Waals surface area contributed by atoms with E-state index in [-0.39, 0.29) is 0 Å². The third kappa shape index (κ3) is 2.11. The number of hydrogen-bond donors (Lipinski definition) is 1. The van der Waals surface area contributed by atoms with Crippen LogP contribution in [-0.4, -0.2) is 24.7 Å². The third-order valence-corrected chi connectivity index (χ3v) is 3.49. The van der Waals surface area contributed by atoms with E-state index in [4.69, 9.17) is 0 Å². The van der Waals surface area contributed by atoms with Crippen LogP contribution < -0.4 is 0 Å². The number of fused-ring (bicyclic) bond motifs is 1. The van der Waals surface area contributed by atoms with Gasteiger partial charge in [-0.3, -0.25) is 4.68 Å². The molecular formula is C15H17N5. The Morgan fingerprint density at radius 1 is 1.40 bits per heavy atom. The van der Waals surface area contributed by atoms with Crippen molar-refractivity contribution in [1.82, 2.24) is 24.7 Å². The first-order valence-corrected chi connectivity index (χ1v) is 6.78. The van der Waals surface area contributed by atoms with E-state index in [1.165, 1.54) is 0 Å². The number of H-pyrrole nitrogens is 1. The van der Waals surface area contributed by atoms with Crippen LogP contribution in [0.5, 0.6) is 0 Å². The first kappa shape index (κ1) is 12.6. The predicted molar refractivity (Wildman–Crippen MR) is 79.3 cm³/mol. The topological polar surface area (TPSA) is 59.4 Å². The predicted octanol–water partition coefficient (Wildman–Crippen LogP) is 3.35. The number of allylic oxidation sites excluding steroid dienone is 1. The normalized spacial score (nSPS) is 12.7. The third-order valence-electron chi connectivity index (χ3n) is 3.49. The summed E-state index contributed by atoms with van der Waals surface area (Å²) in [6, 6.07) is 4.33. The monoisotopic (exact) mass is 267 g/mol. The van der Waals surface area contributed by atoms with Gasteiger partial charge in [-0.05, 0) is 25.0 Å². The van der Waals surface area contributed by atoms with Crippen molar-refractivity contribution in [2.75, 3.05) is 0 Å². The summed E-state index contributed by atoms with van der Waals surface area (Å²) in [7, 11) is 0. The molecule has 0 bridgehead atoms. The number of hydrogen-bond acceptors (Lipinski definition) is 3. The van der Waals surface area contributed by atoms with Crippen molar-refractivity contribution in [2.24, 2.45) is 0 Å². The van der Waals surface area contributed by atoms with Crippen LogP contribution in [0.1, 0.15) is 25.8 Å². The van der Waals surface area contributed by atoms with Crippen LogP contribution in [0.2, 0.25) is 0 Å². The molecule has 0 aromatic carbocycles. The van der Waals surface area contributed by atoms with Crippen LogP contribution in [0.15, 0.2) is 43.5 Å². The molecule has 0 amide bonds. The molecule has 0 saturated heterocycles. The molecule has 0 fully saturated rings. The Morgan fingerprint density at radius 2 is 2.30 bits per heavy atom. The Balaban J connectivity index is 2.01. The van der Waals surface area contributed by atoms with Crippen molar-refractivity contribution in [3.05, 3.63) is 43.5 Å². The quantitative estimate of drug-likeness (QED) is 0.721. The van der Waals surface area contributed by atoms with Gasteiger partial charge in [-0.2, -0.15) is 5.10 Å². The number of aromatic nitrogens is 5. The van der Waals surface area contributed by atoms with E-state index in [1.807, 2.05) is 35.3 Å². The number of aromatic amines is 1. The molecule has 3 rings (SSSR count). The molecule has 3 aromatic rings. The van der Waals surface area contributed by atoms with Gasteiger partial charge in [0.25, 0.3) is 0 Å². The minimum atomic E-state index is 0.352. The summed E-state index contributed by atoms with van der Waals surface area (Å²) in [5, 5.41) is 5.66. The van der Waals surface area contributed by atoms with Gasteiger partial charge in [-0.15, -0.1) is 6.58 Å². The molecule has 20 heavy (non-hydrogen) atoms. The molecule has 0 aliphatic carbocycles. The lowest BCUT2D eigenvalue weighted by Gasteiger charge is -2.12. The second kappa shape index (κ2) is 5.28. The Kier molecular flexibility index (Phi) is 3.33. The molecule has 0 spiro atoms. The van der Waals surface area contributed by atoms with Gasteiger partial charge in [0.2, 0.25) is 0 Å². The summed E-state index contributed by atoms with van der Waals surface area (Å²) >= 11 is 0. The van der Waals surface area contributed by atoms with Crippen LogP contribution in [0.4, 0.5) is 0 Å². The average Bonchev–Trinajstić information content (AvgIpc) is 3.12. The van der Waals surface area contributed by atoms with E-state index in [0.717, 1.165) is 35.3 Å². The maximum atomic E-state index is 4.66. The maximum absolute atomic E-state index is 4.66. The van der Waals surface area contributed by atoms with Crippen molar-refractivity contribution < 1.29 is 0 Å². The maximum Gasteiger partial charge on any atom is 0.141 e. The van der Waals surface area contributed by atoms with E-state index in [9.17, 15) is 0 Å². The van der Waals surface area contributed by atoms with Gasteiger partial charge >= 0.3 is 0 Å². The molecule has 102 valence electrons. The zero-order valence-corrected chi connectivity index (χ0v) is 11.5. The van der Waals surface area contributed by atoms with E-state index in [0.29, 0.717) is 6.04 Å². The van der Waals surface area contributed by atoms with Gasteiger partial charge in [-0.1, -0.05) is 13.0 Å². The smallest absolute Gasteiger partial charge is 0.141 e. The second-order valence-electron chi connectivity index (χ2n) is 4.73. The fraction of sp³-hybridized carbons (Fsp3) is 0.267. The molecule has 1 atom stereocenters. The Hall–Kier alpha value is -2.43. The lowest BCUT2D eigenvalue weighted by atomic mass is 10.1. The van der Waals surface area contributed by atoms with Gasteiger partial charge < -0.3 is 4.98 Å². The fourth-order valence-corrected chi connectivity index (χ4v) is 2.40. The Bertz CT molecular complexity index is 725. The highest BCUT2D eigenvalue weighted by molar-refractivity contribution is 5.89. The Labute approximate surface area is 117 Å². The highest BCUT2D eigenvalue weighted by Gasteiger charge is 2.13. The molecule has 0 saturated carbocycles. The molecule has 5 nitrogen and oxygen atoms in total. The average molecular weight is 267 g/mol. The van der Waals surface area contributed by atoms with Crippen molar-refractivity contribution in [3.8, 4) is 11.4 Å². The summed E-state index contributed by atoms with van der Waals surface area (Å²) in [6.45, 7) is 5.96. The van der Waals surface area contributed by atoms with Crippen LogP contribution in [0.3, 0.4) is 0 Å². The molecule has 3 heterocycles. The van der Waals surface area contributed by atoms with Crippen molar-refractivity contribution >= 4 is 11.0 Å². The largest absolute Gasteiger partial charge is 0.346 e. The molecule has 5 heteroatoms. The molecule has 1 N–H and O–H groups in total. The van der Waals surface area contributed by atoms with E-state index >= 15 is 0 Å². The summed E-state index contributed by atoms with van der Waals surface area (Å²) in [5.41, 5.74) is 2.57. The van der Waals surface area contributed by atoms with Gasteiger partial charge in [0.15, 0.2) is 0 Å². The summed E-state index contributed by atoms with van der Waals surface area (Å²) in [4.78, 5) is 11.7. The minimum Gasteiger partial charge on any atom is -0.346 e. The molecule has 0 aliphatic rings. The summed E-state index contributed by atoms with van der Waals surface area (Å²) in [6.07, 6.45) is 9.32. The highest BCUT2D eigenvalue weighted by Crippen LogP contribution is 2.24. The molecular weight excluding hydrogens is 250 g/mol. The fourth-order valence-electron chi connectivity index (χ4n) is 2.40. The Morgan fingerprint density at radius 3 is 3.10 bits per heavy atom. The minimum absolute atomic E-state index is 0.352. The van der Waals surface area contributed by atoms with Crippen LogP contribution in [0, 0.1) is 0 Å². The first-order chi connectivity index (χ1) is 9.83. The summed E-state index contributed by atoms with van der Waals surface area (Å²) < 4.78 is 2.00. The van der Waals surface area contributed by atoms with Crippen molar-refractivity contribution in [1.29, 1.82) is 0 Å². The number of nitrogens with one attached hydrogen (secondary N) is 1. The number of nitrogens with zero attached hydrogens (tertiary/aromatic N) is 4. The summed E-state index contributed by atoms with van der Waals surface area (Å²) in [5.74, 6) is 0. The molecule has 3 aromatic heterocycles. The van der Waals surface area contributed by atoms with Crippen LogP contribution >= 0.6 is 0 Å². The molecule has 0 radical (unpaired) electrons. The molecule has 1 unspecified atom stereocenters. The highest BCUT2D eigenvalue weighted by atomic mass is 15.3. The molecule has 0 aliphatic heterocycles. The SMILES string of the molecule is C=CCC(CC)n1ccc(-c2ncnc3[nH]ccc23)n1. The van der Waals surface area contributed by atoms with E-state index < -0.39 is 0 Å². The lowest BCUT2D eigenvalue weighted by molar-refractivity contribution is 0.446. The van der Waals surface area contributed by atoms with Gasteiger partial charge in [0.1, 0.15) is 23.4 Å². The van der Waals surface area contributed by atoms with E-state index in [1.54, 1.807) is 6.33 Å². The van der Waals surface area contributed by atoms with Crippen LogP contribution in [0.25, 0.3) is 22.4 Å². The first-order valence-electron chi connectivity index (χ1n) is 6.78. The van der Waals surface area contributed by atoms with Crippen LogP contribution in [-0.2, 0) is 0 Å². The van der Waals surface area contributed by atoms with Gasteiger partial charge in [-0.25, -0.2) is 9.97 Å². The number of rotatable bonds is 5. The van der Waals surface area contributed by atoms with Crippen molar-refractivity contribution in [3.63, 3.8) is 0 Å². The zero-order valence-electron chi connectivity index (χ0n) is 11.5. The van der Waals surface area contributed by atoms with Gasteiger partial charge in [0, 0.05) is 17.8 Å².